The fraction of sp³-hybridized carbons (Fsp3) is 0.472. The maximum Gasteiger partial charge on any atom is 0.416 e. The normalized spacial score (nSPS) is 15.5. The summed E-state index contributed by atoms with van der Waals surface area (Å²) in [6.45, 7) is 11.7. The van der Waals surface area contributed by atoms with E-state index in [4.69, 9.17) is 0 Å². The summed E-state index contributed by atoms with van der Waals surface area (Å²) in [7, 11) is 0. The van der Waals surface area contributed by atoms with Gasteiger partial charge in [-0.1, -0.05) is 31.5 Å². The second-order valence-electron chi connectivity index (χ2n) is 13.5. The van der Waals surface area contributed by atoms with Gasteiger partial charge in [-0.2, -0.15) is 13.2 Å². The quantitative estimate of drug-likeness (QED) is 0.152. The molecule has 1 saturated heterocycles. The van der Waals surface area contributed by atoms with Gasteiger partial charge >= 0.3 is 12.1 Å². The summed E-state index contributed by atoms with van der Waals surface area (Å²) in [4.78, 5) is 41.3. The standard InChI is InChI=1S/C36H42F5N3O5/c1-19(2)12-27(44-18-24(8-11-43-9-7-10-43)26(16-28(44)45)36(39,40)41)34(48)42-35(49,17-29(46)47)31-32(37)23(6)15-25(33(31)38)30-21(4)13-20(3)14-22(30)5/h13-16,18-19,27,49H,7-12,17H2,1-6H3,(H,42,48)(H,46,47)/t27?,35-/m0/s1. The van der Waals surface area contributed by atoms with Crippen molar-refractivity contribution >= 4 is 11.9 Å². The van der Waals surface area contributed by atoms with Gasteiger partial charge < -0.3 is 25.0 Å². The number of carbonyl (C=O) groups excluding carboxylic acids is 1. The van der Waals surface area contributed by atoms with Crippen LogP contribution in [0.4, 0.5) is 22.0 Å². The minimum absolute atomic E-state index is 0.0750. The van der Waals surface area contributed by atoms with Crippen molar-refractivity contribution in [1.82, 2.24) is 14.8 Å². The van der Waals surface area contributed by atoms with Gasteiger partial charge in [0.1, 0.15) is 17.7 Å². The first kappa shape index (κ1) is 37.7. The van der Waals surface area contributed by atoms with Crippen molar-refractivity contribution in [3.05, 3.63) is 91.4 Å². The van der Waals surface area contributed by atoms with E-state index >= 15 is 8.78 Å². The molecule has 266 valence electrons. The average molecular weight is 692 g/mol. The number of aryl methyl sites for hydroxylation is 4. The highest BCUT2D eigenvalue weighted by atomic mass is 19.4. The van der Waals surface area contributed by atoms with Gasteiger partial charge in [0.15, 0.2) is 5.72 Å². The van der Waals surface area contributed by atoms with Crippen LogP contribution in [0, 0.1) is 45.2 Å². The number of benzene rings is 2. The summed E-state index contributed by atoms with van der Waals surface area (Å²) < 4.78 is 75.3. The van der Waals surface area contributed by atoms with Crippen molar-refractivity contribution in [2.75, 3.05) is 19.6 Å². The largest absolute Gasteiger partial charge is 0.481 e. The molecule has 1 amide bonds. The highest BCUT2D eigenvalue weighted by Crippen LogP contribution is 2.39. The topological polar surface area (TPSA) is 112 Å². The van der Waals surface area contributed by atoms with Crippen molar-refractivity contribution < 1.29 is 41.8 Å². The lowest BCUT2D eigenvalue weighted by Gasteiger charge is -2.33. The number of carboxylic acids is 1. The van der Waals surface area contributed by atoms with E-state index in [2.05, 4.69) is 5.32 Å². The third kappa shape index (κ3) is 8.21. The Kier molecular flexibility index (Phi) is 11.1. The molecule has 2 aromatic carbocycles. The summed E-state index contributed by atoms with van der Waals surface area (Å²) in [6.07, 6.45) is -4.57. The fourth-order valence-electron chi connectivity index (χ4n) is 6.60. The minimum atomic E-state index is -4.85. The zero-order valence-corrected chi connectivity index (χ0v) is 28.4. The first-order valence-corrected chi connectivity index (χ1v) is 16.1. The molecule has 8 nitrogen and oxygen atoms in total. The van der Waals surface area contributed by atoms with Crippen LogP contribution in [0.15, 0.2) is 35.3 Å². The summed E-state index contributed by atoms with van der Waals surface area (Å²) in [5.74, 6) is -5.87. The Balaban J connectivity index is 1.86. The number of nitrogens with one attached hydrogen (secondary N) is 1. The Hall–Kier alpha value is -4.10. The van der Waals surface area contributed by atoms with E-state index in [-0.39, 0.29) is 42.0 Å². The molecular formula is C36H42F5N3O5. The number of hydrogen-bond donors (Lipinski definition) is 3. The monoisotopic (exact) mass is 691 g/mol. The molecule has 0 radical (unpaired) electrons. The number of halogens is 5. The molecule has 0 aliphatic carbocycles. The van der Waals surface area contributed by atoms with Crippen LogP contribution in [0.3, 0.4) is 0 Å². The zero-order valence-electron chi connectivity index (χ0n) is 28.4. The van der Waals surface area contributed by atoms with Gasteiger partial charge in [-0.05, 0) is 99.8 Å². The molecule has 1 fully saturated rings. The number of amides is 1. The Morgan fingerprint density at radius 1 is 0.959 bits per heavy atom. The molecular weight excluding hydrogens is 649 g/mol. The Morgan fingerprint density at radius 2 is 1.57 bits per heavy atom. The summed E-state index contributed by atoms with van der Waals surface area (Å²) in [5.41, 5.74) is -4.58. The van der Waals surface area contributed by atoms with Crippen molar-refractivity contribution in [2.45, 2.75) is 85.2 Å². The summed E-state index contributed by atoms with van der Waals surface area (Å²) in [6, 6.07) is 3.62. The average Bonchev–Trinajstić information content (AvgIpc) is 2.92. The predicted molar refractivity (Wildman–Crippen MR) is 174 cm³/mol. The highest BCUT2D eigenvalue weighted by Gasteiger charge is 2.43. The molecule has 2 atom stereocenters. The molecule has 3 aromatic rings. The molecule has 1 unspecified atom stereocenters. The number of rotatable bonds is 12. The number of alkyl halides is 3. The lowest BCUT2D eigenvalue weighted by Crippen LogP contribution is -2.52. The molecule has 4 rings (SSSR count). The number of likely N-dealkylation sites (tertiary alicyclic amines) is 1. The van der Waals surface area contributed by atoms with Crippen molar-refractivity contribution in [2.24, 2.45) is 5.92 Å². The fourth-order valence-corrected chi connectivity index (χ4v) is 6.60. The second-order valence-corrected chi connectivity index (χ2v) is 13.5. The second kappa shape index (κ2) is 14.4. The number of aliphatic carboxylic acids is 1. The number of pyridine rings is 1. The number of aromatic nitrogens is 1. The maximum atomic E-state index is 16.5. The Labute approximate surface area is 281 Å². The molecule has 49 heavy (non-hydrogen) atoms. The number of aliphatic hydroxyl groups is 1. The van der Waals surface area contributed by atoms with Gasteiger partial charge in [-0.25, -0.2) is 8.78 Å². The molecule has 0 bridgehead atoms. The number of carbonyl (C=O) groups is 2. The smallest absolute Gasteiger partial charge is 0.416 e. The first-order chi connectivity index (χ1) is 22.7. The third-order valence-corrected chi connectivity index (χ3v) is 8.93. The van der Waals surface area contributed by atoms with Gasteiger partial charge in [0, 0.05) is 24.4 Å². The van der Waals surface area contributed by atoms with E-state index in [0.29, 0.717) is 22.8 Å². The van der Waals surface area contributed by atoms with Crippen LogP contribution in [0.25, 0.3) is 11.1 Å². The van der Waals surface area contributed by atoms with Gasteiger partial charge in [-0.15, -0.1) is 0 Å². The molecule has 1 aliphatic heterocycles. The highest BCUT2D eigenvalue weighted by molar-refractivity contribution is 5.82. The lowest BCUT2D eigenvalue weighted by molar-refractivity contribution is -0.148. The molecule has 1 aromatic heterocycles. The lowest BCUT2D eigenvalue weighted by atomic mass is 9.87. The predicted octanol–water partition coefficient (Wildman–Crippen LogP) is 6.32. The molecule has 3 N–H and O–H groups in total. The Bertz CT molecular complexity index is 1790. The van der Waals surface area contributed by atoms with Gasteiger partial charge in [-0.3, -0.25) is 14.4 Å². The molecule has 13 heteroatoms. The van der Waals surface area contributed by atoms with E-state index in [0.717, 1.165) is 35.8 Å². The molecule has 0 spiro atoms. The van der Waals surface area contributed by atoms with Crippen molar-refractivity contribution in [3.63, 3.8) is 0 Å². The van der Waals surface area contributed by atoms with Crippen LogP contribution in [-0.2, 0) is 27.9 Å². The van der Waals surface area contributed by atoms with E-state index in [1.54, 1.807) is 39.8 Å². The summed E-state index contributed by atoms with van der Waals surface area (Å²) in [5, 5.41) is 23.7. The van der Waals surface area contributed by atoms with E-state index < -0.39 is 64.6 Å². The van der Waals surface area contributed by atoms with Gasteiger partial charge in [0.2, 0.25) is 5.91 Å². The number of nitrogens with zero attached hydrogens (tertiary/aromatic N) is 2. The van der Waals surface area contributed by atoms with Crippen molar-refractivity contribution in [3.8, 4) is 11.1 Å². The molecule has 1 aliphatic rings. The van der Waals surface area contributed by atoms with Crippen molar-refractivity contribution in [1.29, 1.82) is 0 Å². The van der Waals surface area contributed by atoms with E-state index in [9.17, 15) is 37.8 Å². The van der Waals surface area contributed by atoms with Gasteiger partial charge in [0.05, 0.1) is 17.5 Å². The van der Waals surface area contributed by atoms with E-state index in [1.165, 1.54) is 13.0 Å². The van der Waals surface area contributed by atoms with Crippen LogP contribution in [0.5, 0.6) is 0 Å². The number of carboxylic acid groups (broad SMARTS) is 1. The maximum absolute atomic E-state index is 16.5. The first-order valence-electron chi connectivity index (χ1n) is 16.1. The van der Waals surface area contributed by atoms with Crippen LogP contribution < -0.4 is 10.9 Å². The number of hydrogen-bond acceptors (Lipinski definition) is 5. The van der Waals surface area contributed by atoms with Crippen LogP contribution in [-0.4, -0.2) is 51.2 Å². The molecule has 0 saturated carbocycles. The van der Waals surface area contributed by atoms with Gasteiger partial charge in [0.25, 0.3) is 5.56 Å². The van der Waals surface area contributed by atoms with E-state index in [1.807, 2.05) is 11.8 Å². The minimum Gasteiger partial charge on any atom is -0.481 e. The third-order valence-electron chi connectivity index (χ3n) is 8.93. The van der Waals surface area contributed by atoms with Crippen LogP contribution in [0.1, 0.15) is 78.1 Å². The summed E-state index contributed by atoms with van der Waals surface area (Å²) >= 11 is 0. The molecule has 2 heterocycles. The SMILES string of the molecule is Cc1cc(C)c(-c2cc(C)c(F)c([C@@](O)(CC(=O)O)NC(=O)C(CC(C)C)n3cc(CCN4CCC4)c(C(F)(F)F)cc3=O)c2F)c(C)c1. The van der Waals surface area contributed by atoms with Crippen LogP contribution in [0.2, 0.25) is 0 Å². The Morgan fingerprint density at radius 3 is 2.08 bits per heavy atom. The van der Waals surface area contributed by atoms with Crippen LogP contribution >= 0.6 is 0 Å². The zero-order chi connectivity index (χ0) is 36.6.